The Hall–Kier alpha value is -4.00. The van der Waals surface area contributed by atoms with Crippen LogP contribution in [0.4, 0.5) is 4.39 Å². The van der Waals surface area contributed by atoms with Gasteiger partial charge in [-0.2, -0.15) is 5.26 Å². The number of halogens is 2. The summed E-state index contributed by atoms with van der Waals surface area (Å²) in [6.45, 7) is 3.88. The minimum absolute atomic E-state index is 0.0953. The number of primary amides is 1. The minimum Gasteiger partial charge on any atom is -0.495 e. The Balaban J connectivity index is 2.04. The molecule has 3 rings (SSSR count). The van der Waals surface area contributed by atoms with E-state index in [9.17, 15) is 24.0 Å². The lowest BCUT2D eigenvalue weighted by atomic mass is 9.98. The van der Waals surface area contributed by atoms with Crippen LogP contribution in [-0.4, -0.2) is 36.1 Å². The van der Waals surface area contributed by atoms with Crippen LogP contribution in [0, 0.1) is 17.1 Å². The zero-order valence-corrected chi connectivity index (χ0v) is 21.9. The second-order valence-electron chi connectivity index (χ2n) is 8.85. The number of amides is 1. The van der Waals surface area contributed by atoms with Crippen molar-refractivity contribution in [1.82, 2.24) is 4.57 Å². The van der Waals surface area contributed by atoms with Gasteiger partial charge in [-0.1, -0.05) is 17.7 Å². The third-order valence-corrected chi connectivity index (χ3v) is 6.12. The molecule has 0 radical (unpaired) electrons. The van der Waals surface area contributed by atoms with Gasteiger partial charge in [0.15, 0.2) is 5.78 Å². The number of rotatable bonds is 11. The van der Waals surface area contributed by atoms with E-state index in [4.69, 9.17) is 26.8 Å². The molecule has 1 unspecified atom stereocenters. The number of methoxy groups -OCH3 is 1. The third kappa shape index (κ3) is 6.65. The SMILES string of the molecule is COc1cn(C(CCOC(C)C)C(=O)Cc2ccc(C(N)=O)c(F)c2)c(=O)cc1-c1cc(Cl)ccc1C#N. The smallest absolute Gasteiger partial charge is 0.252 e. The molecule has 1 aromatic heterocycles. The Labute approximate surface area is 224 Å². The molecule has 10 heteroatoms. The van der Waals surface area contributed by atoms with Crippen LogP contribution in [0.3, 0.4) is 0 Å². The van der Waals surface area contributed by atoms with Crippen molar-refractivity contribution in [3.8, 4) is 22.9 Å². The fourth-order valence-electron chi connectivity index (χ4n) is 4.04. The molecular weight excluding hydrogens is 513 g/mol. The van der Waals surface area contributed by atoms with E-state index in [1.54, 1.807) is 18.2 Å². The molecule has 3 aromatic rings. The monoisotopic (exact) mass is 539 g/mol. The highest BCUT2D eigenvalue weighted by Gasteiger charge is 2.25. The van der Waals surface area contributed by atoms with E-state index in [-0.39, 0.29) is 42.6 Å². The predicted octanol–water partition coefficient (Wildman–Crippen LogP) is 4.45. The van der Waals surface area contributed by atoms with E-state index in [1.807, 2.05) is 13.8 Å². The molecule has 1 heterocycles. The van der Waals surface area contributed by atoms with Gasteiger partial charge in [0, 0.05) is 35.2 Å². The number of ketones is 1. The second-order valence-corrected chi connectivity index (χ2v) is 9.28. The van der Waals surface area contributed by atoms with Crippen molar-refractivity contribution < 1.29 is 23.5 Å². The normalized spacial score (nSPS) is 11.7. The molecule has 0 aliphatic heterocycles. The number of nitrogens with zero attached hydrogens (tertiary/aromatic N) is 2. The van der Waals surface area contributed by atoms with Crippen molar-refractivity contribution in [3.63, 3.8) is 0 Å². The van der Waals surface area contributed by atoms with Gasteiger partial charge in [-0.15, -0.1) is 0 Å². The highest BCUT2D eigenvalue weighted by atomic mass is 35.5. The number of carbonyl (C=O) groups excluding carboxylic acids is 2. The number of pyridine rings is 1. The number of hydrogen-bond donors (Lipinski definition) is 1. The molecule has 0 aliphatic rings. The van der Waals surface area contributed by atoms with Gasteiger partial charge in [0.1, 0.15) is 11.6 Å². The summed E-state index contributed by atoms with van der Waals surface area (Å²) in [6.07, 6.45) is 1.28. The van der Waals surface area contributed by atoms with Crippen molar-refractivity contribution >= 4 is 23.3 Å². The lowest BCUT2D eigenvalue weighted by molar-refractivity contribution is -0.122. The van der Waals surface area contributed by atoms with Crippen molar-refractivity contribution in [2.75, 3.05) is 13.7 Å². The summed E-state index contributed by atoms with van der Waals surface area (Å²) in [7, 11) is 1.41. The summed E-state index contributed by atoms with van der Waals surface area (Å²) in [6, 6.07) is 10.8. The van der Waals surface area contributed by atoms with Crippen LogP contribution in [0.15, 0.2) is 53.5 Å². The average molecular weight is 540 g/mol. The molecule has 0 saturated heterocycles. The number of carbonyl (C=O) groups is 2. The quantitative estimate of drug-likeness (QED) is 0.384. The predicted molar refractivity (Wildman–Crippen MR) is 141 cm³/mol. The lowest BCUT2D eigenvalue weighted by Gasteiger charge is -2.22. The first-order valence-electron chi connectivity index (χ1n) is 11.8. The Morgan fingerprint density at radius 3 is 2.50 bits per heavy atom. The highest BCUT2D eigenvalue weighted by molar-refractivity contribution is 6.31. The minimum atomic E-state index is -0.960. The van der Waals surface area contributed by atoms with Crippen LogP contribution in [0.2, 0.25) is 5.02 Å². The standard InChI is InChI=1S/C28H27ClFN3O5/c1-16(2)38-9-8-24(25(34)11-17-4-7-20(28(32)36)23(30)10-17)33-15-26(37-3)22(13-27(33)35)21-12-19(29)6-5-18(21)14-31/h4-7,10,12-13,15-16,24H,8-9,11H2,1-3H3,(H2,32,36). The van der Waals surface area contributed by atoms with E-state index in [2.05, 4.69) is 6.07 Å². The van der Waals surface area contributed by atoms with Gasteiger partial charge in [0.2, 0.25) is 0 Å². The molecule has 0 spiro atoms. The molecule has 0 bridgehead atoms. The van der Waals surface area contributed by atoms with E-state index in [0.29, 0.717) is 27.3 Å². The first kappa shape index (κ1) is 28.6. The van der Waals surface area contributed by atoms with E-state index in [1.165, 1.54) is 36.1 Å². The third-order valence-electron chi connectivity index (χ3n) is 5.88. The van der Waals surface area contributed by atoms with Crippen LogP contribution >= 0.6 is 11.6 Å². The van der Waals surface area contributed by atoms with Gasteiger partial charge < -0.3 is 19.8 Å². The van der Waals surface area contributed by atoms with E-state index < -0.39 is 23.3 Å². The molecule has 38 heavy (non-hydrogen) atoms. The lowest BCUT2D eigenvalue weighted by Crippen LogP contribution is -2.31. The van der Waals surface area contributed by atoms with Crippen LogP contribution < -0.4 is 16.0 Å². The van der Waals surface area contributed by atoms with Gasteiger partial charge in [-0.3, -0.25) is 14.4 Å². The summed E-state index contributed by atoms with van der Waals surface area (Å²) in [5.41, 5.74) is 5.75. The van der Waals surface area contributed by atoms with Gasteiger partial charge in [0.25, 0.3) is 11.5 Å². The highest BCUT2D eigenvalue weighted by Crippen LogP contribution is 2.33. The van der Waals surface area contributed by atoms with Crippen LogP contribution in [0.1, 0.15) is 47.8 Å². The fourth-order valence-corrected chi connectivity index (χ4v) is 4.21. The Kier molecular flexibility index (Phi) is 9.40. The Bertz CT molecular complexity index is 1460. The van der Waals surface area contributed by atoms with Crippen molar-refractivity contribution in [2.45, 2.75) is 38.8 Å². The average Bonchev–Trinajstić information content (AvgIpc) is 2.86. The molecular formula is C28H27ClFN3O5. The molecule has 1 amide bonds. The van der Waals surface area contributed by atoms with Crippen molar-refractivity contribution in [2.24, 2.45) is 5.73 Å². The van der Waals surface area contributed by atoms with Crippen molar-refractivity contribution in [3.05, 3.63) is 86.5 Å². The zero-order chi connectivity index (χ0) is 28.0. The second kappa shape index (κ2) is 12.5. The Morgan fingerprint density at radius 1 is 1.16 bits per heavy atom. The number of hydrogen-bond acceptors (Lipinski definition) is 6. The van der Waals surface area contributed by atoms with Gasteiger partial charge in [-0.05, 0) is 56.2 Å². The summed E-state index contributed by atoms with van der Waals surface area (Å²) >= 11 is 6.14. The van der Waals surface area contributed by atoms with E-state index in [0.717, 1.165) is 6.07 Å². The fraction of sp³-hybridized carbons (Fsp3) is 0.286. The number of ether oxygens (including phenoxy) is 2. The molecule has 0 aliphatic carbocycles. The number of benzene rings is 2. The summed E-state index contributed by atoms with van der Waals surface area (Å²) in [5.74, 6) is -1.87. The molecule has 8 nitrogen and oxygen atoms in total. The molecule has 1 atom stereocenters. The maximum atomic E-state index is 14.3. The van der Waals surface area contributed by atoms with Gasteiger partial charge in [0.05, 0.1) is 42.6 Å². The van der Waals surface area contributed by atoms with Crippen LogP contribution in [-0.2, 0) is 16.0 Å². The number of Topliss-reactive ketones (excluding diaryl/α,β-unsaturated/α-hetero) is 1. The summed E-state index contributed by atoms with van der Waals surface area (Å²) < 4.78 is 26.7. The van der Waals surface area contributed by atoms with Gasteiger partial charge >= 0.3 is 0 Å². The van der Waals surface area contributed by atoms with Crippen LogP contribution in [0.5, 0.6) is 5.75 Å². The maximum Gasteiger partial charge on any atom is 0.252 e. The maximum absolute atomic E-state index is 14.3. The summed E-state index contributed by atoms with van der Waals surface area (Å²) in [5, 5.41) is 9.91. The molecule has 198 valence electrons. The Morgan fingerprint density at radius 2 is 1.89 bits per heavy atom. The topological polar surface area (TPSA) is 124 Å². The number of nitrogens with two attached hydrogens (primary N) is 1. The summed E-state index contributed by atoms with van der Waals surface area (Å²) in [4.78, 5) is 38.1. The largest absolute Gasteiger partial charge is 0.495 e. The zero-order valence-electron chi connectivity index (χ0n) is 21.2. The molecule has 2 N–H and O–H groups in total. The first-order valence-corrected chi connectivity index (χ1v) is 12.2. The van der Waals surface area contributed by atoms with Crippen molar-refractivity contribution in [1.29, 1.82) is 5.26 Å². The first-order chi connectivity index (χ1) is 18.0. The van der Waals surface area contributed by atoms with Crippen LogP contribution in [0.25, 0.3) is 11.1 Å². The molecule has 2 aromatic carbocycles. The van der Waals surface area contributed by atoms with Gasteiger partial charge in [-0.25, -0.2) is 4.39 Å². The van der Waals surface area contributed by atoms with E-state index >= 15 is 0 Å². The number of aromatic nitrogens is 1. The molecule has 0 fully saturated rings. The number of nitriles is 1. The molecule has 0 saturated carbocycles.